The van der Waals surface area contributed by atoms with Crippen LogP contribution in [0.2, 0.25) is 0 Å². The molecule has 0 radical (unpaired) electrons. The topological polar surface area (TPSA) is 76.0 Å². The number of phenolic OH excluding ortho intramolecular Hbond substituents is 2. The Labute approximate surface area is 176 Å². The van der Waals surface area contributed by atoms with Crippen molar-refractivity contribution in [3.63, 3.8) is 0 Å². The van der Waals surface area contributed by atoms with Crippen LogP contribution in [0.3, 0.4) is 0 Å². The molecular weight excluding hydrogens is 400 g/mol. The Balaban J connectivity index is 1.40. The quantitative estimate of drug-likeness (QED) is 0.434. The molecule has 0 atom stereocenters. The summed E-state index contributed by atoms with van der Waals surface area (Å²) in [4.78, 5) is 0. The highest BCUT2D eigenvalue weighted by atomic mass is 32.2. The molecule has 0 aliphatic heterocycles. The lowest BCUT2D eigenvalue weighted by molar-refractivity contribution is 0.461. The lowest BCUT2D eigenvalue weighted by Crippen LogP contribution is -2.07. The van der Waals surface area contributed by atoms with E-state index in [1.54, 1.807) is 72.8 Å². The summed E-state index contributed by atoms with van der Waals surface area (Å²) in [6.45, 7) is 0. The summed E-state index contributed by atoms with van der Waals surface area (Å²) < 4.78 is 22.8. The molecule has 0 heterocycles. The van der Waals surface area contributed by atoms with Crippen molar-refractivity contribution in [3.8, 4) is 45.3 Å². The van der Waals surface area contributed by atoms with Gasteiger partial charge in [-0.25, -0.2) is 0 Å². The smallest absolute Gasteiger partial charge is 0.417 e. The molecule has 4 aromatic carbocycles. The van der Waals surface area contributed by atoms with Gasteiger partial charge >= 0.3 is 11.4 Å². The molecule has 5 nitrogen and oxygen atoms in total. The molecule has 0 bridgehead atoms. The number of phenols is 2. The Hall–Kier alpha value is -3.77. The average Bonchev–Trinajstić information content (AvgIpc) is 2.76. The number of hydrogen-bond acceptors (Lipinski definition) is 5. The van der Waals surface area contributed by atoms with Gasteiger partial charge in [0.15, 0.2) is 0 Å². The van der Waals surface area contributed by atoms with Crippen LogP contribution in [-0.2, 0) is 11.4 Å². The highest BCUT2D eigenvalue weighted by Gasteiger charge is 2.09. The van der Waals surface area contributed by atoms with Gasteiger partial charge in [0.05, 0.1) is 0 Å². The van der Waals surface area contributed by atoms with E-state index in [0.717, 1.165) is 11.1 Å². The predicted molar refractivity (Wildman–Crippen MR) is 116 cm³/mol. The lowest BCUT2D eigenvalue weighted by atomic mass is 10.0. The molecule has 4 aromatic rings. The summed E-state index contributed by atoms with van der Waals surface area (Å²) in [6.07, 6.45) is 0. The van der Waals surface area contributed by atoms with E-state index in [-0.39, 0.29) is 11.5 Å². The Bertz CT molecular complexity index is 1080. The third-order valence-electron chi connectivity index (χ3n) is 4.47. The molecular formula is C24H18O5S. The molecule has 0 aliphatic rings. The lowest BCUT2D eigenvalue weighted by Gasteiger charge is -2.09. The van der Waals surface area contributed by atoms with Gasteiger partial charge in [0.25, 0.3) is 0 Å². The van der Waals surface area contributed by atoms with Gasteiger partial charge in [-0.15, -0.1) is 0 Å². The van der Waals surface area contributed by atoms with Gasteiger partial charge in [-0.2, -0.15) is 4.21 Å². The largest absolute Gasteiger partial charge is 0.507 e. The molecule has 0 amide bonds. The Morgan fingerprint density at radius 3 is 1.27 bits per heavy atom. The highest BCUT2D eigenvalue weighted by molar-refractivity contribution is 7.75. The first-order chi connectivity index (χ1) is 14.6. The molecule has 2 N–H and O–H groups in total. The number of para-hydroxylation sites is 2. The minimum Gasteiger partial charge on any atom is -0.507 e. The number of aromatic hydroxyl groups is 2. The van der Waals surface area contributed by atoms with E-state index in [2.05, 4.69) is 0 Å². The third kappa shape index (κ3) is 4.45. The van der Waals surface area contributed by atoms with Gasteiger partial charge in [-0.1, -0.05) is 60.7 Å². The standard InChI is InChI=1S/C24H18O5S/c25-23-7-3-1-5-21(23)17-9-13-19(14-10-17)28-30(27)29-20-15-11-18(12-16-20)22-6-2-4-8-24(22)26/h1-16,25-26H. The van der Waals surface area contributed by atoms with E-state index < -0.39 is 11.4 Å². The maximum atomic E-state index is 12.2. The van der Waals surface area contributed by atoms with E-state index in [0.29, 0.717) is 22.6 Å². The van der Waals surface area contributed by atoms with Crippen molar-refractivity contribution in [2.75, 3.05) is 0 Å². The normalized spacial score (nSPS) is 10.7. The summed E-state index contributed by atoms with van der Waals surface area (Å²) in [5, 5.41) is 19.9. The van der Waals surface area contributed by atoms with Gasteiger partial charge in [-0.05, 0) is 47.5 Å². The predicted octanol–water partition coefficient (Wildman–Crippen LogP) is 5.47. The molecule has 0 unspecified atom stereocenters. The van der Waals surface area contributed by atoms with Gasteiger partial charge in [-0.3, -0.25) is 0 Å². The van der Waals surface area contributed by atoms with Crippen LogP contribution in [0.25, 0.3) is 22.3 Å². The maximum Gasteiger partial charge on any atom is 0.417 e. The summed E-state index contributed by atoms with van der Waals surface area (Å²) in [5.74, 6) is 1.12. The van der Waals surface area contributed by atoms with Gasteiger partial charge in [0.2, 0.25) is 0 Å². The van der Waals surface area contributed by atoms with Crippen LogP contribution in [-0.4, -0.2) is 14.4 Å². The molecule has 0 fully saturated rings. The average molecular weight is 418 g/mol. The zero-order chi connectivity index (χ0) is 20.9. The molecule has 0 aliphatic carbocycles. The Morgan fingerprint density at radius 2 is 0.900 bits per heavy atom. The second kappa shape index (κ2) is 8.71. The van der Waals surface area contributed by atoms with Crippen LogP contribution in [0.5, 0.6) is 23.0 Å². The van der Waals surface area contributed by atoms with E-state index in [4.69, 9.17) is 8.37 Å². The van der Waals surface area contributed by atoms with Crippen molar-refractivity contribution in [2.45, 2.75) is 0 Å². The minimum absolute atomic E-state index is 0.186. The van der Waals surface area contributed by atoms with Crippen LogP contribution < -0.4 is 8.37 Å². The summed E-state index contributed by atoms with van der Waals surface area (Å²) in [6, 6.07) is 27.7. The summed E-state index contributed by atoms with van der Waals surface area (Å²) in [5.41, 5.74) is 3.02. The number of hydrogen-bond donors (Lipinski definition) is 2. The number of benzene rings is 4. The van der Waals surface area contributed by atoms with E-state index in [9.17, 15) is 14.4 Å². The Morgan fingerprint density at radius 1 is 0.533 bits per heavy atom. The highest BCUT2D eigenvalue weighted by Crippen LogP contribution is 2.31. The zero-order valence-electron chi connectivity index (χ0n) is 15.8. The van der Waals surface area contributed by atoms with Gasteiger partial charge < -0.3 is 18.6 Å². The third-order valence-corrected chi connectivity index (χ3v) is 5.12. The van der Waals surface area contributed by atoms with Crippen molar-refractivity contribution < 1.29 is 22.8 Å². The fraction of sp³-hybridized carbons (Fsp3) is 0. The molecule has 0 spiro atoms. The monoisotopic (exact) mass is 418 g/mol. The maximum absolute atomic E-state index is 12.2. The van der Waals surface area contributed by atoms with Crippen molar-refractivity contribution >= 4 is 11.4 Å². The molecule has 0 aromatic heterocycles. The van der Waals surface area contributed by atoms with E-state index in [1.807, 2.05) is 24.3 Å². The van der Waals surface area contributed by atoms with Crippen molar-refractivity contribution in [1.82, 2.24) is 0 Å². The van der Waals surface area contributed by atoms with E-state index >= 15 is 0 Å². The Kier molecular flexibility index (Phi) is 5.68. The van der Waals surface area contributed by atoms with Crippen molar-refractivity contribution in [2.24, 2.45) is 0 Å². The molecule has 0 saturated carbocycles. The molecule has 150 valence electrons. The first-order valence-corrected chi connectivity index (χ1v) is 10.2. The van der Waals surface area contributed by atoms with Crippen molar-refractivity contribution in [1.29, 1.82) is 0 Å². The second-order valence-electron chi connectivity index (χ2n) is 6.45. The molecule has 6 heteroatoms. The van der Waals surface area contributed by atoms with Gasteiger partial charge in [0.1, 0.15) is 23.0 Å². The number of rotatable bonds is 6. The second-order valence-corrected chi connectivity index (χ2v) is 7.20. The fourth-order valence-electron chi connectivity index (χ4n) is 2.99. The van der Waals surface area contributed by atoms with Crippen LogP contribution in [0.4, 0.5) is 0 Å². The summed E-state index contributed by atoms with van der Waals surface area (Å²) in [7, 11) is 0. The van der Waals surface area contributed by atoms with Gasteiger partial charge in [0, 0.05) is 11.1 Å². The van der Waals surface area contributed by atoms with Crippen LogP contribution in [0, 0.1) is 0 Å². The van der Waals surface area contributed by atoms with Crippen LogP contribution >= 0.6 is 0 Å². The first kappa shape index (κ1) is 19.5. The molecule has 0 saturated heterocycles. The minimum atomic E-state index is -2.03. The molecule has 30 heavy (non-hydrogen) atoms. The van der Waals surface area contributed by atoms with E-state index in [1.165, 1.54) is 0 Å². The SMILES string of the molecule is O=S(Oc1ccc(-c2ccccc2O)cc1)Oc1ccc(-c2ccccc2O)cc1. The van der Waals surface area contributed by atoms with Crippen molar-refractivity contribution in [3.05, 3.63) is 97.1 Å². The molecule has 4 rings (SSSR count). The zero-order valence-corrected chi connectivity index (χ0v) is 16.6. The first-order valence-electron chi connectivity index (χ1n) is 9.15. The summed E-state index contributed by atoms with van der Waals surface area (Å²) >= 11 is -2.03. The van der Waals surface area contributed by atoms with Crippen LogP contribution in [0.15, 0.2) is 97.1 Å². The fourth-order valence-corrected chi connectivity index (χ4v) is 3.56. The van der Waals surface area contributed by atoms with Crippen LogP contribution in [0.1, 0.15) is 0 Å².